The van der Waals surface area contributed by atoms with Gasteiger partial charge in [-0.05, 0) is 36.8 Å². The molecule has 0 saturated heterocycles. The van der Waals surface area contributed by atoms with E-state index < -0.39 is 32.5 Å². The Morgan fingerprint density at radius 1 is 1.08 bits per heavy atom. The molecule has 2 aromatic rings. The number of amides is 1. The van der Waals surface area contributed by atoms with E-state index in [-0.39, 0.29) is 10.6 Å². The molecule has 140 valence electrons. The second kappa shape index (κ2) is 7.44. The summed E-state index contributed by atoms with van der Waals surface area (Å²) < 4.78 is 48.0. The minimum Gasteiger partial charge on any atom is -0.324 e. The molecule has 3 N–H and O–H groups in total. The zero-order chi connectivity index (χ0) is 19.5. The number of hydrogen-bond acceptors (Lipinski definition) is 5. The van der Waals surface area contributed by atoms with E-state index in [1.807, 2.05) is 0 Å². The molecule has 2 aromatic carbocycles. The summed E-state index contributed by atoms with van der Waals surface area (Å²) in [6.07, 6.45) is 1.01. The van der Waals surface area contributed by atoms with Crippen molar-refractivity contribution in [2.75, 3.05) is 22.4 Å². The summed E-state index contributed by atoms with van der Waals surface area (Å²) in [6, 6.07) is 12.2. The molecule has 0 aliphatic carbocycles. The number of aryl methyl sites for hydroxylation is 1. The highest BCUT2D eigenvalue weighted by Gasteiger charge is 2.22. The molecule has 0 bridgehead atoms. The number of rotatable bonds is 6. The predicted molar refractivity (Wildman–Crippen MR) is 99.8 cm³/mol. The smallest absolute Gasteiger partial charge is 0.245 e. The fourth-order valence-corrected chi connectivity index (χ4v) is 3.78. The molecule has 0 aliphatic rings. The van der Waals surface area contributed by atoms with Gasteiger partial charge in [0.05, 0.1) is 16.8 Å². The monoisotopic (exact) mass is 397 g/mol. The first-order valence-corrected chi connectivity index (χ1v) is 10.8. The van der Waals surface area contributed by atoms with Crippen molar-refractivity contribution >= 4 is 37.3 Å². The Labute approximate surface area is 152 Å². The third kappa shape index (κ3) is 5.04. The van der Waals surface area contributed by atoms with Crippen molar-refractivity contribution < 1.29 is 21.6 Å². The molecule has 0 fully saturated rings. The molecule has 26 heavy (non-hydrogen) atoms. The number of primary sulfonamides is 1. The van der Waals surface area contributed by atoms with Gasteiger partial charge in [0.25, 0.3) is 0 Å². The van der Waals surface area contributed by atoms with Gasteiger partial charge in [-0.25, -0.2) is 22.0 Å². The average Bonchev–Trinajstić information content (AvgIpc) is 2.52. The first kappa shape index (κ1) is 19.9. The maximum Gasteiger partial charge on any atom is 0.245 e. The van der Waals surface area contributed by atoms with Gasteiger partial charge >= 0.3 is 0 Å². The summed E-state index contributed by atoms with van der Waals surface area (Å²) in [5, 5.41) is 7.54. The largest absolute Gasteiger partial charge is 0.324 e. The molecule has 0 heterocycles. The van der Waals surface area contributed by atoms with E-state index in [1.54, 1.807) is 31.2 Å². The highest BCUT2D eigenvalue weighted by atomic mass is 32.2. The number of anilines is 2. The minimum absolute atomic E-state index is 0.158. The molecule has 8 nitrogen and oxygen atoms in total. The van der Waals surface area contributed by atoms with Crippen LogP contribution in [0.2, 0.25) is 0 Å². The van der Waals surface area contributed by atoms with Crippen LogP contribution in [0.3, 0.4) is 0 Å². The number of carbonyl (C=O) groups excluding carboxylic acids is 1. The van der Waals surface area contributed by atoms with Crippen LogP contribution in [0.15, 0.2) is 53.4 Å². The van der Waals surface area contributed by atoms with Crippen LogP contribution in [0.1, 0.15) is 5.56 Å². The average molecular weight is 397 g/mol. The number of benzene rings is 2. The Hall–Kier alpha value is -2.43. The van der Waals surface area contributed by atoms with Gasteiger partial charge in [0, 0.05) is 5.69 Å². The Kier molecular flexibility index (Phi) is 5.69. The van der Waals surface area contributed by atoms with E-state index in [9.17, 15) is 21.6 Å². The van der Waals surface area contributed by atoms with E-state index in [0.717, 1.165) is 10.6 Å². The normalized spacial score (nSPS) is 11.8. The molecule has 2 rings (SSSR count). The Morgan fingerprint density at radius 3 is 2.31 bits per heavy atom. The quantitative estimate of drug-likeness (QED) is 0.753. The number of sulfonamides is 2. The lowest BCUT2D eigenvalue weighted by molar-refractivity contribution is -0.114. The summed E-state index contributed by atoms with van der Waals surface area (Å²) in [4.78, 5) is 12.2. The van der Waals surface area contributed by atoms with Gasteiger partial charge in [-0.3, -0.25) is 9.10 Å². The van der Waals surface area contributed by atoms with Crippen LogP contribution in [0.5, 0.6) is 0 Å². The highest BCUT2D eigenvalue weighted by molar-refractivity contribution is 7.92. The highest BCUT2D eigenvalue weighted by Crippen LogP contribution is 2.22. The van der Waals surface area contributed by atoms with Crippen molar-refractivity contribution in [3.63, 3.8) is 0 Å². The van der Waals surface area contributed by atoms with Crippen molar-refractivity contribution in [3.8, 4) is 0 Å². The van der Waals surface area contributed by atoms with E-state index >= 15 is 0 Å². The Bertz CT molecular complexity index is 1030. The number of nitrogens with zero attached hydrogens (tertiary/aromatic N) is 1. The molecular formula is C16H19N3O5S2. The number of para-hydroxylation sites is 1. The SMILES string of the molecule is Cc1ccccc1N(CC(=O)Nc1cccc(S(N)(=O)=O)c1)S(C)(=O)=O. The topological polar surface area (TPSA) is 127 Å². The van der Waals surface area contributed by atoms with Crippen molar-refractivity contribution in [1.29, 1.82) is 0 Å². The number of carbonyl (C=O) groups is 1. The molecular weight excluding hydrogens is 378 g/mol. The Balaban J connectivity index is 2.26. The fourth-order valence-electron chi connectivity index (χ4n) is 2.31. The van der Waals surface area contributed by atoms with Gasteiger partial charge < -0.3 is 5.32 Å². The number of nitrogens with one attached hydrogen (secondary N) is 1. The lowest BCUT2D eigenvalue weighted by atomic mass is 10.2. The molecule has 0 aliphatic heterocycles. The summed E-state index contributed by atoms with van der Waals surface area (Å²) in [6.45, 7) is 1.28. The van der Waals surface area contributed by atoms with Crippen LogP contribution in [0.4, 0.5) is 11.4 Å². The van der Waals surface area contributed by atoms with Gasteiger partial charge in [0.1, 0.15) is 6.54 Å². The van der Waals surface area contributed by atoms with Gasteiger partial charge in [0.2, 0.25) is 26.0 Å². The first-order valence-electron chi connectivity index (χ1n) is 7.44. The first-order chi connectivity index (χ1) is 12.0. The lowest BCUT2D eigenvalue weighted by Gasteiger charge is -2.23. The molecule has 10 heteroatoms. The van der Waals surface area contributed by atoms with Gasteiger partial charge in [-0.15, -0.1) is 0 Å². The maximum atomic E-state index is 12.3. The molecule has 0 saturated carbocycles. The van der Waals surface area contributed by atoms with Crippen LogP contribution in [-0.2, 0) is 24.8 Å². The third-order valence-electron chi connectivity index (χ3n) is 3.52. The molecule has 0 spiro atoms. The van der Waals surface area contributed by atoms with Crippen molar-refractivity contribution in [2.45, 2.75) is 11.8 Å². The maximum absolute atomic E-state index is 12.3. The third-order valence-corrected chi connectivity index (χ3v) is 5.56. The second-order valence-electron chi connectivity index (χ2n) is 5.68. The Morgan fingerprint density at radius 2 is 1.73 bits per heavy atom. The van der Waals surface area contributed by atoms with Crippen LogP contribution in [0, 0.1) is 6.92 Å². The zero-order valence-electron chi connectivity index (χ0n) is 14.2. The van der Waals surface area contributed by atoms with Crippen LogP contribution >= 0.6 is 0 Å². The van der Waals surface area contributed by atoms with Crippen molar-refractivity contribution in [2.24, 2.45) is 5.14 Å². The number of nitrogens with two attached hydrogens (primary N) is 1. The summed E-state index contributed by atoms with van der Waals surface area (Å²) in [5.41, 5.74) is 1.28. The van der Waals surface area contributed by atoms with E-state index in [4.69, 9.17) is 5.14 Å². The van der Waals surface area contributed by atoms with Crippen LogP contribution in [0.25, 0.3) is 0 Å². The molecule has 0 unspecified atom stereocenters. The van der Waals surface area contributed by atoms with Gasteiger partial charge in [0.15, 0.2) is 0 Å². The van der Waals surface area contributed by atoms with Crippen molar-refractivity contribution in [3.05, 3.63) is 54.1 Å². The number of hydrogen-bond donors (Lipinski definition) is 2. The van der Waals surface area contributed by atoms with Gasteiger partial charge in [-0.1, -0.05) is 24.3 Å². The van der Waals surface area contributed by atoms with Crippen molar-refractivity contribution in [1.82, 2.24) is 0 Å². The molecule has 0 atom stereocenters. The summed E-state index contributed by atoms with van der Waals surface area (Å²) >= 11 is 0. The second-order valence-corrected chi connectivity index (χ2v) is 9.15. The van der Waals surface area contributed by atoms with E-state index in [0.29, 0.717) is 11.3 Å². The molecule has 1 amide bonds. The fraction of sp³-hybridized carbons (Fsp3) is 0.188. The molecule has 0 radical (unpaired) electrons. The standard InChI is InChI=1S/C16H19N3O5S2/c1-12-6-3-4-9-15(12)19(25(2,21)22)11-16(20)18-13-7-5-8-14(10-13)26(17,23)24/h3-10H,11H2,1-2H3,(H,18,20)(H2,17,23,24). The van der Waals surface area contributed by atoms with Gasteiger partial charge in [-0.2, -0.15) is 0 Å². The van der Waals surface area contributed by atoms with E-state index in [2.05, 4.69) is 5.32 Å². The summed E-state index contributed by atoms with van der Waals surface area (Å²) in [7, 11) is -7.62. The van der Waals surface area contributed by atoms with E-state index in [1.165, 1.54) is 24.3 Å². The lowest BCUT2D eigenvalue weighted by Crippen LogP contribution is -2.37. The predicted octanol–water partition coefficient (Wildman–Crippen LogP) is 1.05. The van der Waals surface area contributed by atoms with Crippen LogP contribution in [-0.4, -0.2) is 35.5 Å². The van der Waals surface area contributed by atoms with Crippen LogP contribution < -0.4 is 14.8 Å². The zero-order valence-corrected chi connectivity index (χ0v) is 15.8. The summed E-state index contributed by atoms with van der Waals surface area (Å²) in [5.74, 6) is -0.620. The molecule has 0 aromatic heterocycles. The minimum atomic E-state index is -3.91.